The van der Waals surface area contributed by atoms with Gasteiger partial charge in [0.25, 0.3) is 0 Å². The normalized spacial score (nSPS) is 10.8. The number of rotatable bonds is 12. The molecule has 3 aromatic rings. The highest BCUT2D eigenvalue weighted by atomic mass is 32.1. The van der Waals surface area contributed by atoms with Crippen molar-refractivity contribution >= 4 is 28.2 Å². The van der Waals surface area contributed by atoms with Gasteiger partial charge in [-0.25, -0.2) is 9.97 Å². The number of hydrogen-bond donors (Lipinski definition) is 3. The van der Waals surface area contributed by atoms with Gasteiger partial charge in [0.15, 0.2) is 16.7 Å². The first-order valence-corrected chi connectivity index (χ1v) is 11.3. The van der Waals surface area contributed by atoms with Crippen LogP contribution in [0.4, 0.5) is 10.9 Å². The molecule has 0 saturated carbocycles. The van der Waals surface area contributed by atoms with E-state index in [0.29, 0.717) is 43.6 Å². The Morgan fingerprint density at radius 2 is 1.97 bits per heavy atom. The number of nitrogens with zero attached hydrogens (tertiary/aromatic N) is 2. The fraction of sp³-hybridized carbons (Fsp3) is 0.348. The van der Waals surface area contributed by atoms with Crippen molar-refractivity contribution in [3.05, 3.63) is 65.3 Å². The Kier molecular flexibility index (Phi) is 8.81. The van der Waals surface area contributed by atoms with Crippen LogP contribution in [-0.2, 0) is 17.8 Å². The molecule has 0 aliphatic heterocycles. The molecule has 0 fully saturated rings. The van der Waals surface area contributed by atoms with E-state index >= 15 is 0 Å². The van der Waals surface area contributed by atoms with Crippen LogP contribution >= 0.6 is 11.3 Å². The van der Waals surface area contributed by atoms with Crippen molar-refractivity contribution in [2.45, 2.75) is 39.3 Å². The zero-order valence-electron chi connectivity index (χ0n) is 17.9. The summed E-state index contributed by atoms with van der Waals surface area (Å²) in [5, 5.41) is 12.1. The summed E-state index contributed by atoms with van der Waals surface area (Å²) in [6, 6.07) is 14.1. The number of pyridine rings is 1. The number of carbonyl (C=O) groups is 1. The Morgan fingerprint density at radius 1 is 1.13 bits per heavy atom. The number of nitrogens with one attached hydrogen (secondary N) is 3. The number of hydrogen-bond acceptors (Lipinski definition) is 7. The maximum atomic E-state index is 12.0. The van der Waals surface area contributed by atoms with Gasteiger partial charge in [-0.3, -0.25) is 4.79 Å². The molecule has 0 bridgehead atoms. The lowest BCUT2D eigenvalue weighted by atomic mass is 10.2. The monoisotopic (exact) mass is 439 g/mol. The lowest BCUT2D eigenvalue weighted by Crippen LogP contribution is -2.34. The minimum Gasteiger partial charge on any atom is -0.485 e. The third-order valence-corrected chi connectivity index (χ3v) is 5.20. The van der Waals surface area contributed by atoms with Gasteiger partial charge in [0, 0.05) is 37.1 Å². The largest absolute Gasteiger partial charge is 0.485 e. The van der Waals surface area contributed by atoms with Gasteiger partial charge in [-0.05, 0) is 24.1 Å². The van der Waals surface area contributed by atoms with Crippen LogP contribution in [0.2, 0.25) is 0 Å². The van der Waals surface area contributed by atoms with E-state index in [9.17, 15) is 4.79 Å². The maximum Gasteiger partial charge on any atom is 0.220 e. The molecular formula is C23H29N5O2S. The van der Waals surface area contributed by atoms with Gasteiger partial charge in [0.1, 0.15) is 6.61 Å². The molecular weight excluding hydrogens is 410 g/mol. The predicted octanol–water partition coefficient (Wildman–Crippen LogP) is 3.91. The Balaban J connectivity index is 1.48. The van der Waals surface area contributed by atoms with E-state index in [1.54, 1.807) is 6.20 Å². The fourth-order valence-corrected chi connectivity index (χ4v) is 3.55. The second-order valence-electron chi connectivity index (χ2n) is 7.35. The highest BCUT2D eigenvalue weighted by Crippen LogP contribution is 2.27. The third-order valence-electron chi connectivity index (χ3n) is 4.39. The smallest absolute Gasteiger partial charge is 0.220 e. The lowest BCUT2D eigenvalue weighted by molar-refractivity contribution is -0.121. The number of benzene rings is 1. The van der Waals surface area contributed by atoms with Crippen LogP contribution in [0, 0.1) is 0 Å². The second-order valence-corrected chi connectivity index (χ2v) is 8.21. The van der Waals surface area contributed by atoms with Gasteiger partial charge in [-0.2, -0.15) is 0 Å². The molecule has 7 nitrogen and oxygen atoms in total. The minimum atomic E-state index is 0.0365. The highest BCUT2D eigenvalue weighted by molar-refractivity contribution is 7.13. The average molecular weight is 440 g/mol. The van der Waals surface area contributed by atoms with Gasteiger partial charge in [-0.15, -0.1) is 11.3 Å². The molecule has 1 amide bonds. The summed E-state index contributed by atoms with van der Waals surface area (Å²) in [7, 11) is 0. The van der Waals surface area contributed by atoms with E-state index in [1.807, 2.05) is 47.8 Å². The molecule has 0 unspecified atom stereocenters. The van der Waals surface area contributed by atoms with Crippen LogP contribution in [0.15, 0.2) is 54.0 Å². The van der Waals surface area contributed by atoms with Crippen molar-refractivity contribution < 1.29 is 9.53 Å². The second kappa shape index (κ2) is 12.0. The van der Waals surface area contributed by atoms with Crippen LogP contribution in [0.3, 0.4) is 0 Å². The zero-order chi connectivity index (χ0) is 21.9. The Morgan fingerprint density at radius 3 is 2.77 bits per heavy atom. The van der Waals surface area contributed by atoms with E-state index in [0.717, 1.165) is 22.9 Å². The number of anilines is 2. The Labute approximate surface area is 187 Å². The first kappa shape index (κ1) is 22.7. The van der Waals surface area contributed by atoms with Crippen LogP contribution in [0.1, 0.15) is 31.5 Å². The highest BCUT2D eigenvalue weighted by Gasteiger charge is 2.10. The molecule has 3 N–H and O–H groups in total. The SMILES string of the molecule is CC(C)NCCNC(=O)CCc1csc(Nc2ncccc2OCc2ccccc2)n1. The van der Waals surface area contributed by atoms with E-state index < -0.39 is 0 Å². The molecule has 2 aromatic heterocycles. The van der Waals surface area contributed by atoms with E-state index in [2.05, 4.69) is 39.8 Å². The summed E-state index contributed by atoms with van der Waals surface area (Å²) in [5.74, 6) is 1.32. The van der Waals surface area contributed by atoms with Crippen LogP contribution in [-0.4, -0.2) is 35.0 Å². The Hall–Kier alpha value is -2.97. The van der Waals surface area contributed by atoms with Gasteiger partial charge >= 0.3 is 0 Å². The number of amides is 1. The first-order valence-electron chi connectivity index (χ1n) is 10.4. The quantitative estimate of drug-likeness (QED) is 0.371. The van der Waals surface area contributed by atoms with Crippen molar-refractivity contribution in [2.75, 3.05) is 18.4 Å². The number of ether oxygens (including phenoxy) is 1. The molecule has 0 aliphatic carbocycles. The number of carbonyl (C=O) groups excluding carboxylic acids is 1. The topological polar surface area (TPSA) is 88.2 Å². The standard InChI is InChI=1S/C23H29N5O2S/c1-17(2)24-13-14-25-21(29)11-10-19-16-31-23(27-19)28-22-20(9-6-12-26-22)30-15-18-7-4-3-5-8-18/h3-9,12,16-17,24H,10-11,13-15H2,1-2H3,(H,25,29)(H,26,27,28). The van der Waals surface area contributed by atoms with Gasteiger partial charge in [0.2, 0.25) is 5.91 Å². The predicted molar refractivity (Wildman–Crippen MR) is 125 cm³/mol. The summed E-state index contributed by atoms with van der Waals surface area (Å²) in [6.45, 7) is 6.03. The molecule has 8 heteroatoms. The molecule has 0 aliphatic rings. The maximum absolute atomic E-state index is 12.0. The molecule has 0 spiro atoms. The van der Waals surface area contributed by atoms with Crippen molar-refractivity contribution in [3.63, 3.8) is 0 Å². The molecule has 3 rings (SSSR count). The molecule has 0 radical (unpaired) electrons. The summed E-state index contributed by atoms with van der Waals surface area (Å²) < 4.78 is 5.94. The van der Waals surface area contributed by atoms with E-state index in [-0.39, 0.29) is 5.91 Å². The van der Waals surface area contributed by atoms with Gasteiger partial charge in [-0.1, -0.05) is 44.2 Å². The fourth-order valence-electron chi connectivity index (χ4n) is 2.81. The number of aryl methyl sites for hydroxylation is 1. The summed E-state index contributed by atoms with van der Waals surface area (Å²) in [4.78, 5) is 20.9. The molecule has 0 atom stereocenters. The Bertz CT molecular complexity index is 946. The van der Waals surface area contributed by atoms with Crippen LogP contribution < -0.4 is 20.7 Å². The van der Waals surface area contributed by atoms with Crippen molar-refractivity contribution in [1.29, 1.82) is 0 Å². The van der Waals surface area contributed by atoms with Crippen molar-refractivity contribution in [1.82, 2.24) is 20.6 Å². The minimum absolute atomic E-state index is 0.0365. The van der Waals surface area contributed by atoms with E-state index in [1.165, 1.54) is 11.3 Å². The van der Waals surface area contributed by atoms with Gasteiger partial charge < -0.3 is 20.7 Å². The molecule has 2 heterocycles. The van der Waals surface area contributed by atoms with Crippen molar-refractivity contribution in [3.8, 4) is 5.75 Å². The molecule has 0 saturated heterocycles. The number of aromatic nitrogens is 2. The molecule has 31 heavy (non-hydrogen) atoms. The van der Waals surface area contributed by atoms with E-state index in [4.69, 9.17) is 4.74 Å². The number of thiazole rings is 1. The van der Waals surface area contributed by atoms with Crippen LogP contribution in [0.25, 0.3) is 0 Å². The van der Waals surface area contributed by atoms with Gasteiger partial charge in [0.05, 0.1) is 5.69 Å². The van der Waals surface area contributed by atoms with Crippen molar-refractivity contribution in [2.24, 2.45) is 0 Å². The van der Waals surface area contributed by atoms with Crippen LogP contribution in [0.5, 0.6) is 5.75 Å². The molecule has 1 aromatic carbocycles. The lowest BCUT2D eigenvalue weighted by Gasteiger charge is -2.10. The summed E-state index contributed by atoms with van der Waals surface area (Å²) >= 11 is 1.48. The summed E-state index contributed by atoms with van der Waals surface area (Å²) in [6.07, 6.45) is 2.73. The summed E-state index contributed by atoms with van der Waals surface area (Å²) in [5.41, 5.74) is 1.97. The zero-order valence-corrected chi connectivity index (χ0v) is 18.7. The molecule has 164 valence electrons. The first-order chi connectivity index (χ1) is 15.1. The third kappa shape index (κ3) is 7.99. The average Bonchev–Trinajstić information content (AvgIpc) is 3.22.